The summed E-state index contributed by atoms with van der Waals surface area (Å²) in [4.78, 5) is 14.2. The van der Waals surface area contributed by atoms with Crippen molar-refractivity contribution >= 4 is 5.91 Å². The maximum atomic E-state index is 13.1. The second-order valence-electron chi connectivity index (χ2n) is 5.91. The highest BCUT2D eigenvalue weighted by atomic mass is 19.3. The number of halogens is 2. The number of likely N-dealkylation sites (tertiary alicyclic amines) is 1. The first-order valence-corrected chi connectivity index (χ1v) is 7.21. The molecule has 1 aromatic heterocycles. The Morgan fingerprint density at radius 3 is 2.75 bits per heavy atom. The molecule has 0 aromatic carbocycles. The Balaban J connectivity index is 1.57. The fraction of sp³-hybridized carbons (Fsp3) is 0.714. The van der Waals surface area contributed by atoms with E-state index in [1.165, 1.54) is 0 Å². The SMILES string of the molecule is O=C(C1CCC(F)(F)CC1)N1CCC(c2ccn[nH]2)C1. The van der Waals surface area contributed by atoms with Gasteiger partial charge in [-0.3, -0.25) is 9.89 Å². The average molecular weight is 283 g/mol. The lowest BCUT2D eigenvalue weighted by Gasteiger charge is -2.30. The van der Waals surface area contributed by atoms with Crippen LogP contribution < -0.4 is 0 Å². The van der Waals surface area contributed by atoms with E-state index in [2.05, 4.69) is 10.2 Å². The van der Waals surface area contributed by atoms with E-state index in [1.54, 1.807) is 6.20 Å². The van der Waals surface area contributed by atoms with E-state index in [4.69, 9.17) is 0 Å². The topological polar surface area (TPSA) is 49.0 Å². The van der Waals surface area contributed by atoms with Crippen LogP contribution in [0.4, 0.5) is 8.78 Å². The van der Waals surface area contributed by atoms with Gasteiger partial charge in [0.2, 0.25) is 11.8 Å². The molecular weight excluding hydrogens is 264 g/mol. The number of amides is 1. The van der Waals surface area contributed by atoms with Gasteiger partial charge in [-0.05, 0) is 25.3 Å². The number of hydrogen-bond acceptors (Lipinski definition) is 2. The van der Waals surface area contributed by atoms with Crippen molar-refractivity contribution in [2.45, 2.75) is 43.9 Å². The first-order valence-electron chi connectivity index (χ1n) is 7.21. The molecule has 110 valence electrons. The lowest BCUT2D eigenvalue weighted by Crippen LogP contribution is -2.38. The summed E-state index contributed by atoms with van der Waals surface area (Å²) in [6.45, 7) is 1.39. The molecule has 1 aliphatic heterocycles. The minimum atomic E-state index is -2.57. The van der Waals surface area contributed by atoms with Gasteiger partial charge in [0.25, 0.3) is 0 Å². The van der Waals surface area contributed by atoms with Gasteiger partial charge < -0.3 is 4.90 Å². The highest BCUT2D eigenvalue weighted by Crippen LogP contribution is 2.37. The summed E-state index contributed by atoms with van der Waals surface area (Å²) in [5, 5.41) is 6.87. The van der Waals surface area contributed by atoms with E-state index in [9.17, 15) is 13.6 Å². The molecule has 0 spiro atoms. The monoisotopic (exact) mass is 283 g/mol. The van der Waals surface area contributed by atoms with E-state index in [1.807, 2.05) is 11.0 Å². The van der Waals surface area contributed by atoms with E-state index in [-0.39, 0.29) is 24.7 Å². The number of aromatic amines is 1. The van der Waals surface area contributed by atoms with E-state index in [0.29, 0.717) is 25.3 Å². The van der Waals surface area contributed by atoms with Gasteiger partial charge in [-0.2, -0.15) is 5.10 Å². The molecule has 1 atom stereocenters. The number of nitrogens with one attached hydrogen (secondary N) is 1. The number of rotatable bonds is 2. The minimum absolute atomic E-state index is 0.0579. The fourth-order valence-corrected chi connectivity index (χ4v) is 3.25. The first kappa shape index (κ1) is 13.5. The van der Waals surface area contributed by atoms with Crippen LogP contribution in [0.25, 0.3) is 0 Å². The molecule has 1 saturated heterocycles. The summed E-state index contributed by atoms with van der Waals surface area (Å²) < 4.78 is 26.3. The second kappa shape index (κ2) is 5.14. The van der Waals surface area contributed by atoms with Crippen LogP contribution in [0.5, 0.6) is 0 Å². The van der Waals surface area contributed by atoms with Crippen LogP contribution in [0.1, 0.15) is 43.7 Å². The van der Waals surface area contributed by atoms with Crippen molar-refractivity contribution < 1.29 is 13.6 Å². The van der Waals surface area contributed by atoms with Gasteiger partial charge in [0.15, 0.2) is 0 Å². The molecule has 0 radical (unpaired) electrons. The first-order chi connectivity index (χ1) is 9.55. The Labute approximate surface area is 116 Å². The summed E-state index contributed by atoms with van der Waals surface area (Å²) in [6, 6.07) is 1.93. The van der Waals surface area contributed by atoms with Gasteiger partial charge in [0, 0.05) is 49.7 Å². The van der Waals surface area contributed by atoms with Crippen LogP contribution >= 0.6 is 0 Å². The van der Waals surface area contributed by atoms with Crippen molar-refractivity contribution in [1.29, 1.82) is 0 Å². The quantitative estimate of drug-likeness (QED) is 0.906. The highest BCUT2D eigenvalue weighted by molar-refractivity contribution is 5.79. The van der Waals surface area contributed by atoms with Gasteiger partial charge >= 0.3 is 0 Å². The summed E-state index contributed by atoms with van der Waals surface area (Å²) >= 11 is 0. The minimum Gasteiger partial charge on any atom is -0.342 e. The van der Waals surface area contributed by atoms with Gasteiger partial charge in [0.05, 0.1) is 0 Å². The summed E-state index contributed by atoms with van der Waals surface area (Å²) in [6.07, 6.45) is 2.95. The van der Waals surface area contributed by atoms with Crippen molar-refractivity contribution in [2.75, 3.05) is 13.1 Å². The molecule has 6 heteroatoms. The molecular formula is C14H19F2N3O. The van der Waals surface area contributed by atoms with Crippen LogP contribution in [-0.2, 0) is 4.79 Å². The highest BCUT2D eigenvalue weighted by Gasteiger charge is 2.40. The molecule has 0 bridgehead atoms. The lowest BCUT2D eigenvalue weighted by atomic mass is 9.86. The number of carbonyl (C=O) groups is 1. The third kappa shape index (κ3) is 2.69. The number of nitrogens with zero attached hydrogens (tertiary/aromatic N) is 2. The number of hydrogen-bond donors (Lipinski definition) is 1. The Bertz CT molecular complexity index is 465. The van der Waals surface area contributed by atoms with Crippen LogP contribution in [0.3, 0.4) is 0 Å². The Morgan fingerprint density at radius 1 is 1.35 bits per heavy atom. The lowest BCUT2D eigenvalue weighted by molar-refractivity contribution is -0.138. The predicted octanol–water partition coefficient (Wildman–Crippen LogP) is 2.55. The molecule has 2 fully saturated rings. The third-order valence-electron chi connectivity index (χ3n) is 4.53. The number of aromatic nitrogens is 2. The Kier molecular flexibility index (Phi) is 3.48. The molecule has 4 nitrogen and oxygen atoms in total. The fourth-order valence-electron chi connectivity index (χ4n) is 3.25. The molecule has 1 N–H and O–H groups in total. The van der Waals surface area contributed by atoms with Gasteiger partial charge in [0.1, 0.15) is 0 Å². The zero-order valence-corrected chi connectivity index (χ0v) is 11.3. The number of carbonyl (C=O) groups excluding carboxylic acids is 1. The van der Waals surface area contributed by atoms with Crippen molar-refractivity contribution in [3.63, 3.8) is 0 Å². The van der Waals surface area contributed by atoms with Crippen LogP contribution in [0.15, 0.2) is 12.3 Å². The molecule has 1 aromatic rings. The third-order valence-corrected chi connectivity index (χ3v) is 4.53. The smallest absolute Gasteiger partial charge is 0.248 e. The molecule has 1 saturated carbocycles. The van der Waals surface area contributed by atoms with Crippen molar-refractivity contribution in [3.8, 4) is 0 Å². The number of alkyl halides is 2. The average Bonchev–Trinajstić information content (AvgIpc) is 3.09. The summed E-state index contributed by atoms with van der Waals surface area (Å²) in [5.74, 6) is -2.43. The van der Waals surface area contributed by atoms with E-state index < -0.39 is 5.92 Å². The Hall–Kier alpha value is -1.46. The normalized spacial score (nSPS) is 26.9. The molecule has 2 aliphatic rings. The van der Waals surface area contributed by atoms with Gasteiger partial charge in [-0.25, -0.2) is 8.78 Å². The molecule has 3 rings (SSSR count). The van der Waals surface area contributed by atoms with Crippen LogP contribution in [0, 0.1) is 5.92 Å². The zero-order chi connectivity index (χ0) is 14.2. The van der Waals surface area contributed by atoms with Crippen LogP contribution in [-0.4, -0.2) is 40.0 Å². The van der Waals surface area contributed by atoms with E-state index >= 15 is 0 Å². The molecule has 1 amide bonds. The van der Waals surface area contributed by atoms with Crippen molar-refractivity contribution in [2.24, 2.45) is 5.92 Å². The maximum absolute atomic E-state index is 13.1. The standard InChI is InChI=1S/C14H19F2N3O/c15-14(16)5-1-10(2-6-14)13(20)19-8-4-11(9-19)12-3-7-17-18-12/h3,7,10-11H,1-2,4-6,8-9H2,(H,17,18). The largest absolute Gasteiger partial charge is 0.342 e. The number of H-pyrrole nitrogens is 1. The van der Waals surface area contributed by atoms with E-state index in [0.717, 1.165) is 18.7 Å². The summed E-state index contributed by atoms with van der Waals surface area (Å²) in [7, 11) is 0. The molecule has 1 aliphatic carbocycles. The zero-order valence-electron chi connectivity index (χ0n) is 11.3. The molecule has 1 unspecified atom stereocenters. The van der Waals surface area contributed by atoms with Gasteiger partial charge in [-0.15, -0.1) is 0 Å². The van der Waals surface area contributed by atoms with Crippen molar-refractivity contribution in [1.82, 2.24) is 15.1 Å². The van der Waals surface area contributed by atoms with Crippen LogP contribution in [0.2, 0.25) is 0 Å². The Morgan fingerprint density at radius 2 is 2.10 bits per heavy atom. The molecule has 2 heterocycles. The molecule has 20 heavy (non-hydrogen) atoms. The van der Waals surface area contributed by atoms with Crippen molar-refractivity contribution in [3.05, 3.63) is 18.0 Å². The predicted molar refractivity (Wildman–Crippen MR) is 69.4 cm³/mol. The van der Waals surface area contributed by atoms with Gasteiger partial charge in [-0.1, -0.05) is 0 Å². The maximum Gasteiger partial charge on any atom is 0.248 e. The second-order valence-corrected chi connectivity index (χ2v) is 5.91. The summed E-state index contributed by atoms with van der Waals surface area (Å²) in [5.41, 5.74) is 1.05.